The molecule has 1 aromatic carbocycles. The molecule has 0 aliphatic heterocycles. The highest BCUT2D eigenvalue weighted by Crippen LogP contribution is 2.26. The van der Waals surface area contributed by atoms with Gasteiger partial charge in [0.15, 0.2) is 17.3 Å². The van der Waals surface area contributed by atoms with Crippen molar-refractivity contribution in [1.29, 1.82) is 5.26 Å². The fraction of sp³-hybridized carbons (Fsp3) is 0.158. The van der Waals surface area contributed by atoms with Crippen LogP contribution in [0.25, 0.3) is 22.1 Å². The second-order valence-corrected chi connectivity index (χ2v) is 5.89. The van der Waals surface area contributed by atoms with Crippen molar-refractivity contribution in [3.8, 4) is 6.07 Å². The molecule has 0 radical (unpaired) electrons. The molecule has 0 saturated carbocycles. The van der Waals surface area contributed by atoms with E-state index in [4.69, 9.17) is 4.42 Å². The van der Waals surface area contributed by atoms with Gasteiger partial charge in [0.05, 0.1) is 17.1 Å². The van der Waals surface area contributed by atoms with E-state index in [0.717, 1.165) is 16.7 Å². The number of para-hydroxylation sites is 2. The highest BCUT2D eigenvalue weighted by molar-refractivity contribution is 6.02. The number of nitriles is 1. The number of hydrogen-bond donors (Lipinski definition) is 0. The lowest BCUT2D eigenvalue weighted by molar-refractivity contribution is 0.0950. The number of pyridine rings is 1. The van der Waals surface area contributed by atoms with Gasteiger partial charge in [-0.15, -0.1) is 0 Å². The molecule has 4 rings (SSSR count). The van der Waals surface area contributed by atoms with Crippen molar-refractivity contribution in [3.63, 3.8) is 0 Å². The molecule has 0 aliphatic rings. The lowest BCUT2D eigenvalue weighted by Gasteiger charge is -2.06. The van der Waals surface area contributed by atoms with Gasteiger partial charge in [-0.3, -0.25) is 4.79 Å². The third kappa shape index (κ3) is 2.37. The summed E-state index contributed by atoms with van der Waals surface area (Å²) in [7, 11) is 1.80. The van der Waals surface area contributed by atoms with E-state index in [9.17, 15) is 10.1 Å². The maximum Gasteiger partial charge on any atom is 0.222 e. The van der Waals surface area contributed by atoms with Gasteiger partial charge in [0.1, 0.15) is 11.3 Å². The Morgan fingerprint density at radius 1 is 1.20 bits per heavy atom. The van der Waals surface area contributed by atoms with Crippen LogP contribution in [0.4, 0.5) is 0 Å². The summed E-state index contributed by atoms with van der Waals surface area (Å²) in [6.45, 7) is 1.87. The summed E-state index contributed by atoms with van der Waals surface area (Å²) < 4.78 is 7.37. The van der Waals surface area contributed by atoms with E-state index < -0.39 is 11.7 Å². The van der Waals surface area contributed by atoms with Crippen molar-refractivity contribution in [3.05, 3.63) is 59.7 Å². The summed E-state index contributed by atoms with van der Waals surface area (Å²) >= 11 is 0. The minimum absolute atomic E-state index is 0.117. The first kappa shape index (κ1) is 15.1. The number of ketones is 1. The molecule has 0 spiro atoms. The van der Waals surface area contributed by atoms with Gasteiger partial charge >= 0.3 is 0 Å². The highest BCUT2D eigenvalue weighted by Gasteiger charge is 2.29. The molecule has 1 atom stereocenters. The number of nitrogens with zero attached hydrogens (tertiary/aromatic N) is 4. The van der Waals surface area contributed by atoms with Gasteiger partial charge < -0.3 is 8.98 Å². The summed E-state index contributed by atoms with van der Waals surface area (Å²) in [6.07, 6.45) is 0. The number of fused-ring (bicyclic) bond motifs is 2. The Morgan fingerprint density at radius 3 is 2.76 bits per heavy atom. The smallest absolute Gasteiger partial charge is 0.222 e. The van der Waals surface area contributed by atoms with Gasteiger partial charge in [-0.2, -0.15) is 5.26 Å². The number of aromatic nitrogens is 3. The number of benzene rings is 1. The molecule has 0 unspecified atom stereocenters. The Labute approximate surface area is 143 Å². The third-order valence-corrected chi connectivity index (χ3v) is 4.23. The Balaban J connectivity index is 1.80. The second-order valence-electron chi connectivity index (χ2n) is 5.89. The molecule has 0 amide bonds. The lowest BCUT2D eigenvalue weighted by atomic mass is 10.0. The van der Waals surface area contributed by atoms with Crippen LogP contribution in [0.5, 0.6) is 0 Å². The van der Waals surface area contributed by atoms with Crippen LogP contribution in [0.3, 0.4) is 0 Å². The van der Waals surface area contributed by atoms with Crippen LogP contribution in [0.15, 0.2) is 46.9 Å². The summed E-state index contributed by atoms with van der Waals surface area (Å²) in [4.78, 5) is 21.7. The number of hydrogen-bond acceptors (Lipinski definition) is 5. The average Bonchev–Trinajstić information content (AvgIpc) is 3.17. The number of rotatable bonds is 3. The Hall–Kier alpha value is -3.46. The van der Waals surface area contributed by atoms with E-state index in [2.05, 4.69) is 16.0 Å². The van der Waals surface area contributed by atoms with E-state index in [1.165, 1.54) is 0 Å². The topological polar surface area (TPSA) is 84.7 Å². The van der Waals surface area contributed by atoms with Gasteiger partial charge in [-0.05, 0) is 31.2 Å². The molecule has 3 heterocycles. The minimum atomic E-state index is -1.04. The van der Waals surface area contributed by atoms with Crippen LogP contribution in [0.1, 0.15) is 28.0 Å². The minimum Gasteiger partial charge on any atom is -0.451 e. The average molecular weight is 330 g/mol. The Kier molecular flexibility index (Phi) is 3.36. The Morgan fingerprint density at radius 2 is 2.00 bits per heavy atom. The predicted molar refractivity (Wildman–Crippen MR) is 92.1 cm³/mol. The van der Waals surface area contributed by atoms with Crippen LogP contribution < -0.4 is 0 Å². The zero-order valence-corrected chi connectivity index (χ0v) is 13.7. The van der Waals surface area contributed by atoms with Gasteiger partial charge in [-0.25, -0.2) is 9.97 Å². The maximum atomic E-state index is 12.9. The zero-order valence-electron chi connectivity index (χ0n) is 13.7. The fourth-order valence-corrected chi connectivity index (χ4v) is 2.95. The van der Waals surface area contributed by atoms with Crippen molar-refractivity contribution in [2.75, 3.05) is 0 Å². The predicted octanol–water partition coefficient (Wildman–Crippen LogP) is 3.51. The zero-order chi connectivity index (χ0) is 17.6. The number of imidazole rings is 1. The molecule has 6 heteroatoms. The highest BCUT2D eigenvalue weighted by atomic mass is 16.3. The molecule has 0 fully saturated rings. The van der Waals surface area contributed by atoms with Crippen molar-refractivity contribution in [2.45, 2.75) is 12.8 Å². The molecule has 6 nitrogen and oxygen atoms in total. The number of Topliss-reactive ketones (excluding diaryl/α,β-unsaturated/α-hetero) is 1. The van der Waals surface area contributed by atoms with Crippen LogP contribution in [0, 0.1) is 18.3 Å². The first-order chi connectivity index (χ1) is 12.1. The van der Waals surface area contributed by atoms with E-state index in [1.54, 1.807) is 23.7 Å². The largest absolute Gasteiger partial charge is 0.451 e. The normalized spacial score (nSPS) is 12.4. The van der Waals surface area contributed by atoms with Gasteiger partial charge in [-0.1, -0.05) is 12.1 Å². The molecule has 4 aromatic rings. The monoisotopic (exact) mass is 330 g/mol. The van der Waals surface area contributed by atoms with Crippen LogP contribution in [-0.2, 0) is 7.05 Å². The SMILES string of the molecule is Cc1ccc2oc(C(=O)[C@@H](C#N)c3nc4ccccc4n3C)cc2n1. The molecule has 0 saturated heterocycles. The van der Waals surface area contributed by atoms with Crippen LogP contribution in [0.2, 0.25) is 0 Å². The molecule has 0 bridgehead atoms. The first-order valence-electron chi connectivity index (χ1n) is 7.81. The van der Waals surface area contributed by atoms with Gasteiger partial charge in [0.25, 0.3) is 0 Å². The van der Waals surface area contributed by atoms with Gasteiger partial charge in [0.2, 0.25) is 5.78 Å². The van der Waals surface area contributed by atoms with E-state index >= 15 is 0 Å². The van der Waals surface area contributed by atoms with Crippen LogP contribution in [-0.4, -0.2) is 20.3 Å². The summed E-state index contributed by atoms with van der Waals surface area (Å²) in [5.74, 6) is -0.944. The number of carbonyl (C=O) groups excluding carboxylic acids is 1. The van der Waals surface area contributed by atoms with Crippen molar-refractivity contribution in [2.24, 2.45) is 7.05 Å². The second kappa shape index (κ2) is 5.56. The van der Waals surface area contributed by atoms with E-state index in [-0.39, 0.29) is 5.76 Å². The standard InChI is InChI=1S/C19H14N4O2/c1-11-7-8-16-14(21-11)9-17(25-16)18(24)12(10-20)19-22-13-5-3-4-6-15(13)23(19)2/h3-9,12H,1-2H3/t12-/m1/s1. The molecular formula is C19H14N4O2. The fourth-order valence-electron chi connectivity index (χ4n) is 2.95. The Bertz CT molecular complexity index is 1160. The molecule has 0 N–H and O–H groups in total. The van der Waals surface area contributed by atoms with Crippen LogP contribution >= 0.6 is 0 Å². The molecule has 3 aromatic heterocycles. The molecule has 0 aliphatic carbocycles. The van der Waals surface area contributed by atoms with Crippen molar-refractivity contribution >= 4 is 27.9 Å². The quantitative estimate of drug-likeness (QED) is 0.537. The summed E-state index contributed by atoms with van der Waals surface area (Å²) in [5.41, 5.74) is 3.57. The van der Waals surface area contributed by atoms with Gasteiger partial charge in [0, 0.05) is 18.8 Å². The van der Waals surface area contributed by atoms with Crippen molar-refractivity contribution in [1.82, 2.24) is 14.5 Å². The van der Waals surface area contributed by atoms with E-state index in [0.29, 0.717) is 16.9 Å². The maximum absolute atomic E-state index is 12.9. The molecule has 122 valence electrons. The first-order valence-corrected chi connectivity index (χ1v) is 7.81. The summed E-state index contributed by atoms with van der Waals surface area (Å²) in [5, 5.41) is 9.60. The lowest BCUT2D eigenvalue weighted by Crippen LogP contribution is -2.15. The van der Waals surface area contributed by atoms with Crippen molar-refractivity contribution < 1.29 is 9.21 Å². The molecular weight excluding hydrogens is 316 g/mol. The summed E-state index contributed by atoms with van der Waals surface area (Å²) in [6, 6.07) is 14.7. The number of aryl methyl sites for hydroxylation is 2. The molecule has 25 heavy (non-hydrogen) atoms. The number of furan rings is 1. The van der Waals surface area contributed by atoms with E-state index in [1.807, 2.05) is 37.3 Å². The third-order valence-electron chi connectivity index (χ3n) is 4.23. The number of carbonyl (C=O) groups is 1.